The lowest BCUT2D eigenvalue weighted by Crippen LogP contribution is -1.99. The minimum Gasteiger partial charge on any atom is -0.493 e. The van der Waals surface area contributed by atoms with Gasteiger partial charge in [-0.1, -0.05) is 42.5 Å². The van der Waals surface area contributed by atoms with Gasteiger partial charge in [-0.05, 0) is 35.4 Å². The van der Waals surface area contributed by atoms with Gasteiger partial charge in [0.05, 0.1) is 28.4 Å². The van der Waals surface area contributed by atoms with Crippen LogP contribution in [0.2, 0.25) is 0 Å². The Morgan fingerprint density at radius 2 is 1.41 bits per heavy atom. The minimum atomic E-state index is -0.559. The highest BCUT2D eigenvalue weighted by molar-refractivity contribution is 6.03. The van der Waals surface area contributed by atoms with Gasteiger partial charge < -0.3 is 18.9 Å². The Morgan fingerprint density at radius 1 is 0.824 bits per heavy atom. The van der Waals surface area contributed by atoms with Crippen molar-refractivity contribution in [1.82, 2.24) is 0 Å². The number of hydrogen-bond acceptors (Lipinski definition) is 6. The van der Waals surface area contributed by atoms with Crippen LogP contribution in [0.1, 0.15) is 27.9 Å². The fourth-order valence-corrected chi connectivity index (χ4v) is 3.35. The van der Waals surface area contributed by atoms with Crippen LogP contribution in [0.3, 0.4) is 0 Å². The van der Waals surface area contributed by atoms with Crippen molar-refractivity contribution in [2.45, 2.75) is 6.42 Å². The highest BCUT2D eigenvalue weighted by atomic mass is 19.1. The van der Waals surface area contributed by atoms with E-state index in [9.17, 15) is 9.18 Å². The van der Waals surface area contributed by atoms with E-state index in [2.05, 4.69) is 4.99 Å². The largest absolute Gasteiger partial charge is 0.493 e. The maximum Gasteiger partial charge on any atom is 0.203 e. The molecule has 3 aromatic carbocycles. The number of ether oxygens (including phenoxy) is 4. The Hall–Kier alpha value is -4.13. The van der Waals surface area contributed by atoms with Crippen LogP contribution in [0, 0.1) is 5.82 Å². The first kappa shape index (κ1) is 24.5. The highest BCUT2D eigenvalue weighted by Crippen LogP contribution is 2.39. The lowest BCUT2D eigenvalue weighted by atomic mass is 10.1. The third-order valence-electron chi connectivity index (χ3n) is 5.01. The van der Waals surface area contributed by atoms with Crippen LogP contribution in [0.5, 0.6) is 23.0 Å². The average Bonchev–Trinajstić information content (AvgIpc) is 2.87. The standard InChI is InChI=1S/C27H26FNO5/c1-31-24-16-19(17-25(32-2)27(24)34-4)11-10-18-14-21(28)26(33-3)22(15-18)29-13-12-23(30)20-8-6-5-7-9-20/h5-11,13-17H,12H2,1-4H3/b11-10-,29-13?. The molecule has 0 aliphatic carbocycles. The second kappa shape index (κ2) is 11.7. The highest BCUT2D eigenvalue weighted by Gasteiger charge is 2.13. The zero-order chi connectivity index (χ0) is 24.5. The van der Waals surface area contributed by atoms with Crippen molar-refractivity contribution >= 4 is 29.8 Å². The van der Waals surface area contributed by atoms with E-state index in [1.807, 2.05) is 6.07 Å². The summed E-state index contributed by atoms with van der Waals surface area (Å²) in [5.41, 5.74) is 2.21. The molecule has 0 fully saturated rings. The number of benzene rings is 3. The number of ketones is 1. The first-order chi connectivity index (χ1) is 16.5. The quantitative estimate of drug-likeness (QED) is 0.209. The molecule has 3 aromatic rings. The molecular weight excluding hydrogens is 437 g/mol. The summed E-state index contributed by atoms with van der Waals surface area (Å²) in [4.78, 5) is 16.6. The molecule has 0 aromatic heterocycles. The van der Waals surface area contributed by atoms with E-state index in [4.69, 9.17) is 18.9 Å². The number of nitrogens with zero attached hydrogens (tertiary/aromatic N) is 1. The third-order valence-corrected chi connectivity index (χ3v) is 5.01. The van der Waals surface area contributed by atoms with Crippen molar-refractivity contribution in [1.29, 1.82) is 0 Å². The fraction of sp³-hybridized carbons (Fsp3) is 0.185. The number of carbonyl (C=O) groups excluding carboxylic acids is 1. The molecule has 0 aliphatic rings. The number of aliphatic imine (C=N–C) groups is 1. The van der Waals surface area contributed by atoms with Gasteiger partial charge in [0.15, 0.2) is 28.8 Å². The van der Waals surface area contributed by atoms with Crippen molar-refractivity contribution < 1.29 is 28.1 Å². The van der Waals surface area contributed by atoms with Crippen molar-refractivity contribution in [2.24, 2.45) is 4.99 Å². The molecule has 0 radical (unpaired) electrons. The molecule has 176 valence electrons. The smallest absolute Gasteiger partial charge is 0.203 e. The van der Waals surface area contributed by atoms with Crippen LogP contribution in [0.15, 0.2) is 59.6 Å². The maximum absolute atomic E-state index is 14.7. The monoisotopic (exact) mass is 463 g/mol. The molecule has 34 heavy (non-hydrogen) atoms. The summed E-state index contributed by atoms with van der Waals surface area (Å²) < 4.78 is 35.9. The summed E-state index contributed by atoms with van der Waals surface area (Å²) >= 11 is 0. The van der Waals surface area contributed by atoms with Crippen LogP contribution in [0.4, 0.5) is 10.1 Å². The molecule has 3 rings (SSSR count). The van der Waals surface area contributed by atoms with Gasteiger partial charge in [-0.15, -0.1) is 0 Å². The molecule has 0 saturated heterocycles. The van der Waals surface area contributed by atoms with E-state index < -0.39 is 5.82 Å². The van der Waals surface area contributed by atoms with Gasteiger partial charge in [-0.3, -0.25) is 9.79 Å². The van der Waals surface area contributed by atoms with Gasteiger partial charge in [0.1, 0.15) is 5.69 Å². The van der Waals surface area contributed by atoms with Crippen LogP contribution in [-0.4, -0.2) is 40.4 Å². The number of methoxy groups -OCH3 is 4. The van der Waals surface area contributed by atoms with Crippen LogP contribution in [0.25, 0.3) is 12.2 Å². The zero-order valence-electron chi connectivity index (χ0n) is 19.5. The van der Waals surface area contributed by atoms with E-state index in [0.717, 1.165) is 5.56 Å². The predicted molar refractivity (Wildman–Crippen MR) is 132 cm³/mol. The third kappa shape index (κ3) is 5.81. The van der Waals surface area contributed by atoms with Crippen LogP contribution >= 0.6 is 0 Å². The summed E-state index contributed by atoms with van der Waals surface area (Å²) in [5.74, 6) is 0.873. The van der Waals surface area contributed by atoms with Crippen LogP contribution in [-0.2, 0) is 0 Å². The Bertz CT molecular complexity index is 1180. The molecular formula is C27H26FNO5. The number of hydrogen-bond donors (Lipinski definition) is 0. The fourth-order valence-electron chi connectivity index (χ4n) is 3.35. The van der Waals surface area contributed by atoms with E-state index in [1.54, 1.807) is 54.6 Å². The molecule has 0 heterocycles. The summed E-state index contributed by atoms with van der Waals surface area (Å²) in [7, 11) is 5.98. The first-order valence-electron chi connectivity index (χ1n) is 10.5. The number of Topliss-reactive ketones (excluding diaryl/α,β-unsaturated/α-hetero) is 1. The maximum atomic E-state index is 14.7. The molecule has 0 atom stereocenters. The van der Waals surface area contributed by atoms with Gasteiger partial charge in [0.25, 0.3) is 0 Å². The van der Waals surface area contributed by atoms with Crippen molar-refractivity contribution in [3.63, 3.8) is 0 Å². The number of carbonyl (C=O) groups is 1. The van der Waals surface area contributed by atoms with Gasteiger partial charge in [0, 0.05) is 18.2 Å². The zero-order valence-corrected chi connectivity index (χ0v) is 19.5. The predicted octanol–water partition coefficient (Wildman–Crippen LogP) is 6.01. The molecule has 0 aliphatic heterocycles. The molecule has 0 N–H and O–H groups in total. The molecule has 0 spiro atoms. The van der Waals surface area contributed by atoms with Gasteiger partial charge in [0.2, 0.25) is 5.75 Å². The Kier molecular flexibility index (Phi) is 8.40. The van der Waals surface area contributed by atoms with Gasteiger partial charge in [-0.2, -0.15) is 0 Å². The molecule has 0 saturated carbocycles. The topological polar surface area (TPSA) is 66.4 Å². The first-order valence-corrected chi connectivity index (χ1v) is 10.5. The van der Waals surface area contributed by atoms with E-state index in [-0.39, 0.29) is 23.6 Å². The molecule has 0 bridgehead atoms. The number of rotatable bonds is 10. The Morgan fingerprint density at radius 3 is 1.97 bits per heavy atom. The van der Waals surface area contributed by atoms with Crippen molar-refractivity contribution in [3.8, 4) is 23.0 Å². The summed E-state index contributed by atoms with van der Waals surface area (Å²) in [6.45, 7) is 0. The SMILES string of the molecule is COc1cc(/C=C\c2cc(F)c(OC)c(N=CCC(=O)c3ccccc3)c2)cc(OC)c1OC. The normalized spacial score (nSPS) is 11.1. The van der Waals surface area contributed by atoms with Gasteiger partial charge in [-0.25, -0.2) is 4.39 Å². The second-order valence-corrected chi connectivity index (χ2v) is 7.15. The summed E-state index contributed by atoms with van der Waals surface area (Å²) in [6.07, 6.45) is 5.06. The number of halogens is 1. The van der Waals surface area contributed by atoms with Gasteiger partial charge >= 0.3 is 0 Å². The minimum absolute atomic E-state index is 0.00773. The molecule has 0 unspecified atom stereocenters. The second-order valence-electron chi connectivity index (χ2n) is 7.15. The van der Waals surface area contributed by atoms with Crippen LogP contribution < -0.4 is 18.9 Å². The summed E-state index contributed by atoms with van der Waals surface area (Å²) in [5, 5.41) is 0. The lowest BCUT2D eigenvalue weighted by Gasteiger charge is -2.13. The Balaban J connectivity index is 1.86. The van der Waals surface area contributed by atoms with E-state index >= 15 is 0 Å². The Labute approximate surface area is 198 Å². The summed E-state index contributed by atoms with van der Waals surface area (Å²) in [6, 6.07) is 15.5. The average molecular weight is 464 g/mol. The lowest BCUT2D eigenvalue weighted by molar-refractivity contribution is 0.100. The molecule has 6 nitrogen and oxygen atoms in total. The van der Waals surface area contributed by atoms with Crippen molar-refractivity contribution in [3.05, 3.63) is 77.1 Å². The molecule has 0 amide bonds. The van der Waals surface area contributed by atoms with E-state index in [0.29, 0.717) is 28.4 Å². The molecule has 7 heteroatoms. The van der Waals surface area contributed by atoms with E-state index in [1.165, 1.54) is 40.7 Å². The van der Waals surface area contributed by atoms with Crippen molar-refractivity contribution in [2.75, 3.05) is 28.4 Å².